The Hall–Kier alpha value is -3.35. The van der Waals surface area contributed by atoms with Crippen LogP contribution < -0.4 is 5.32 Å². The fraction of sp³-hybridized carbons (Fsp3) is 0.400. The van der Waals surface area contributed by atoms with Crippen LogP contribution >= 0.6 is 0 Å². The van der Waals surface area contributed by atoms with Crippen molar-refractivity contribution in [2.24, 2.45) is 5.92 Å². The van der Waals surface area contributed by atoms with Crippen LogP contribution in [0.1, 0.15) is 44.2 Å². The minimum atomic E-state index is -1.09. The Morgan fingerprint density at radius 1 is 1.03 bits per heavy atom. The van der Waals surface area contributed by atoms with Gasteiger partial charge in [-0.2, -0.15) is 0 Å². The molecule has 0 heterocycles. The highest BCUT2D eigenvalue weighted by Gasteiger charge is 2.30. The first kappa shape index (κ1) is 23.3. The second kappa shape index (κ2) is 10.3. The van der Waals surface area contributed by atoms with Gasteiger partial charge in [-0.1, -0.05) is 69.3 Å². The summed E-state index contributed by atoms with van der Waals surface area (Å²) in [5.41, 5.74) is 4.48. The second-order valence-electron chi connectivity index (χ2n) is 8.44. The van der Waals surface area contributed by atoms with E-state index in [4.69, 9.17) is 9.84 Å². The zero-order valence-electron chi connectivity index (χ0n) is 18.7. The van der Waals surface area contributed by atoms with Gasteiger partial charge in [0.15, 0.2) is 0 Å². The summed E-state index contributed by atoms with van der Waals surface area (Å²) < 4.78 is 5.53. The molecule has 1 atom stereocenters. The molecular formula is C25H30N2O5. The number of amides is 2. The molecule has 0 radical (unpaired) electrons. The van der Waals surface area contributed by atoms with Crippen LogP contribution in [0.25, 0.3) is 11.1 Å². The number of carboxylic acid groups (broad SMARTS) is 1. The lowest BCUT2D eigenvalue weighted by Gasteiger charge is -2.27. The number of fused-ring (bicyclic) bond motifs is 3. The first-order valence-electron chi connectivity index (χ1n) is 10.9. The third-order valence-corrected chi connectivity index (χ3v) is 5.57. The molecule has 2 aromatic rings. The zero-order valence-corrected chi connectivity index (χ0v) is 18.7. The van der Waals surface area contributed by atoms with Crippen LogP contribution in [-0.2, 0) is 14.3 Å². The molecule has 1 unspecified atom stereocenters. The van der Waals surface area contributed by atoms with E-state index in [2.05, 4.69) is 17.4 Å². The number of carboxylic acids is 1. The maximum atomic E-state index is 12.9. The minimum absolute atomic E-state index is 0.0756. The molecule has 0 fully saturated rings. The lowest BCUT2D eigenvalue weighted by molar-refractivity contribution is -0.145. The predicted octanol–water partition coefficient (Wildman–Crippen LogP) is 3.87. The topological polar surface area (TPSA) is 95.9 Å². The van der Waals surface area contributed by atoms with E-state index in [-0.39, 0.29) is 18.4 Å². The van der Waals surface area contributed by atoms with Crippen molar-refractivity contribution in [2.45, 2.75) is 39.2 Å². The Morgan fingerprint density at radius 2 is 1.59 bits per heavy atom. The highest BCUT2D eigenvalue weighted by molar-refractivity contribution is 5.88. The van der Waals surface area contributed by atoms with Gasteiger partial charge in [-0.15, -0.1) is 0 Å². The van der Waals surface area contributed by atoms with Crippen LogP contribution in [0, 0.1) is 5.92 Å². The molecule has 2 amide bonds. The number of rotatable bonds is 9. The van der Waals surface area contributed by atoms with E-state index < -0.39 is 30.6 Å². The SMILES string of the molecule is CCC(NC(=O)OCC1c2ccccc2-c2ccccc21)C(=O)N(CC(=O)O)CC(C)C. The number of alkyl carbamates (subject to hydrolysis) is 1. The number of carbonyl (C=O) groups excluding carboxylic acids is 2. The van der Waals surface area contributed by atoms with Crippen molar-refractivity contribution in [1.29, 1.82) is 0 Å². The molecule has 0 saturated carbocycles. The first-order chi connectivity index (χ1) is 15.3. The van der Waals surface area contributed by atoms with Gasteiger partial charge in [-0.05, 0) is 34.6 Å². The predicted molar refractivity (Wildman–Crippen MR) is 121 cm³/mol. The van der Waals surface area contributed by atoms with Crippen LogP contribution in [-0.4, -0.2) is 53.7 Å². The lowest BCUT2D eigenvalue weighted by atomic mass is 9.98. The summed E-state index contributed by atoms with van der Waals surface area (Å²) >= 11 is 0. The maximum absolute atomic E-state index is 12.9. The summed E-state index contributed by atoms with van der Waals surface area (Å²) in [7, 11) is 0. The van der Waals surface area contributed by atoms with Crippen molar-refractivity contribution in [3.05, 3.63) is 59.7 Å². The summed E-state index contributed by atoms with van der Waals surface area (Å²) in [6.45, 7) is 5.62. The van der Waals surface area contributed by atoms with Gasteiger partial charge in [-0.25, -0.2) is 4.79 Å². The van der Waals surface area contributed by atoms with E-state index in [0.29, 0.717) is 13.0 Å². The normalized spacial score (nSPS) is 13.2. The molecule has 32 heavy (non-hydrogen) atoms. The number of nitrogens with one attached hydrogen (secondary N) is 1. The van der Waals surface area contributed by atoms with Gasteiger partial charge >= 0.3 is 12.1 Å². The largest absolute Gasteiger partial charge is 0.480 e. The molecule has 170 valence electrons. The van der Waals surface area contributed by atoms with Gasteiger partial charge < -0.3 is 20.1 Å². The molecule has 0 aliphatic heterocycles. The van der Waals surface area contributed by atoms with Gasteiger partial charge in [-0.3, -0.25) is 9.59 Å². The van der Waals surface area contributed by atoms with E-state index in [1.165, 1.54) is 4.90 Å². The Labute approximate surface area is 188 Å². The van der Waals surface area contributed by atoms with E-state index in [1.807, 2.05) is 50.2 Å². The number of nitrogens with zero attached hydrogens (tertiary/aromatic N) is 1. The van der Waals surface area contributed by atoms with E-state index in [0.717, 1.165) is 22.3 Å². The van der Waals surface area contributed by atoms with E-state index >= 15 is 0 Å². The molecule has 2 N–H and O–H groups in total. The van der Waals surface area contributed by atoms with Crippen molar-refractivity contribution in [3.8, 4) is 11.1 Å². The van der Waals surface area contributed by atoms with Crippen LogP contribution in [0.4, 0.5) is 4.79 Å². The smallest absolute Gasteiger partial charge is 0.407 e. The molecular weight excluding hydrogens is 408 g/mol. The number of carbonyl (C=O) groups is 3. The van der Waals surface area contributed by atoms with Crippen molar-refractivity contribution in [2.75, 3.05) is 19.7 Å². The number of hydrogen-bond donors (Lipinski definition) is 2. The van der Waals surface area contributed by atoms with Crippen molar-refractivity contribution < 1.29 is 24.2 Å². The highest BCUT2D eigenvalue weighted by Crippen LogP contribution is 2.44. The zero-order chi connectivity index (χ0) is 23.3. The van der Waals surface area contributed by atoms with Gasteiger partial charge in [0.2, 0.25) is 5.91 Å². The lowest BCUT2D eigenvalue weighted by Crippen LogP contribution is -2.50. The van der Waals surface area contributed by atoms with Gasteiger partial charge in [0.05, 0.1) is 0 Å². The Bertz CT molecular complexity index is 942. The Kier molecular flexibility index (Phi) is 7.51. The molecule has 1 aliphatic carbocycles. The molecule has 0 aromatic heterocycles. The average Bonchev–Trinajstić information content (AvgIpc) is 3.08. The first-order valence-corrected chi connectivity index (χ1v) is 10.9. The third-order valence-electron chi connectivity index (χ3n) is 5.57. The molecule has 0 spiro atoms. The number of hydrogen-bond acceptors (Lipinski definition) is 4. The molecule has 1 aliphatic rings. The number of benzene rings is 2. The van der Waals surface area contributed by atoms with Crippen molar-refractivity contribution in [3.63, 3.8) is 0 Å². The highest BCUT2D eigenvalue weighted by atomic mass is 16.5. The van der Waals surface area contributed by atoms with Crippen molar-refractivity contribution in [1.82, 2.24) is 10.2 Å². The van der Waals surface area contributed by atoms with Gasteiger partial charge in [0.1, 0.15) is 19.2 Å². The summed E-state index contributed by atoms with van der Waals surface area (Å²) in [6.07, 6.45) is -0.357. The van der Waals surface area contributed by atoms with Crippen LogP contribution in [0.15, 0.2) is 48.5 Å². The summed E-state index contributed by atoms with van der Waals surface area (Å²) in [6, 6.07) is 15.3. The molecule has 0 saturated heterocycles. The monoisotopic (exact) mass is 438 g/mol. The van der Waals surface area contributed by atoms with E-state index in [1.54, 1.807) is 6.92 Å². The van der Waals surface area contributed by atoms with Gasteiger partial charge in [0, 0.05) is 12.5 Å². The maximum Gasteiger partial charge on any atom is 0.407 e. The Morgan fingerprint density at radius 3 is 2.09 bits per heavy atom. The molecule has 0 bridgehead atoms. The number of ether oxygens (including phenoxy) is 1. The van der Waals surface area contributed by atoms with E-state index in [9.17, 15) is 14.4 Å². The molecule has 3 rings (SSSR count). The van der Waals surface area contributed by atoms with Gasteiger partial charge in [0.25, 0.3) is 0 Å². The molecule has 2 aromatic carbocycles. The van der Waals surface area contributed by atoms with Crippen LogP contribution in [0.5, 0.6) is 0 Å². The van der Waals surface area contributed by atoms with Crippen LogP contribution in [0.3, 0.4) is 0 Å². The van der Waals surface area contributed by atoms with Crippen LogP contribution in [0.2, 0.25) is 0 Å². The number of aliphatic carboxylic acids is 1. The third kappa shape index (κ3) is 5.28. The average molecular weight is 439 g/mol. The molecule has 7 heteroatoms. The quantitative estimate of drug-likeness (QED) is 0.620. The summed E-state index contributed by atoms with van der Waals surface area (Å²) in [5.74, 6) is -1.48. The fourth-order valence-corrected chi connectivity index (χ4v) is 4.18. The summed E-state index contributed by atoms with van der Waals surface area (Å²) in [5, 5.41) is 11.8. The fourth-order valence-electron chi connectivity index (χ4n) is 4.18. The van der Waals surface area contributed by atoms with Crippen molar-refractivity contribution >= 4 is 18.0 Å². The minimum Gasteiger partial charge on any atom is -0.480 e. The Balaban J connectivity index is 1.66. The molecule has 7 nitrogen and oxygen atoms in total. The summed E-state index contributed by atoms with van der Waals surface area (Å²) in [4.78, 5) is 37.8. The standard InChI is InChI=1S/C25H30N2O5/c1-4-22(24(30)27(13-16(2)3)14-23(28)29)26-25(31)32-15-21-19-11-7-5-9-17(19)18-10-6-8-12-20(18)21/h5-12,16,21-22H,4,13-15H2,1-3H3,(H,26,31)(H,28,29). The second-order valence-corrected chi connectivity index (χ2v) is 8.44.